The number of pyridine rings is 2. The maximum absolute atomic E-state index is 11.1. The Morgan fingerprint density at radius 3 is 1.50 bits per heavy atom. The molecule has 0 aliphatic rings. The van der Waals surface area contributed by atoms with Crippen LogP contribution in [0.3, 0.4) is 0 Å². The van der Waals surface area contributed by atoms with Gasteiger partial charge in [-0.2, -0.15) is 0 Å². The first-order valence-corrected chi connectivity index (χ1v) is 12.0. The summed E-state index contributed by atoms with van der Waals surface area (Å²) in [5.41, 5.74) is 6.05. The molecule has 0 aliphatic heterocycles. The lowest BCUT2D eigenvalue weighted by Crippen LogP contribution is -2.29. The fourth-order valence-corrected chi connectivity index (χ4v) is 3.08. The van der Waals surface area contributed by atoms with E-state index >= 15 is 0 Å². The molecule has 2 aromatic heterocycles. The smallest absolute Gasteiger partial charge is 0.423 e. The molecule has 4 aromatic rings. The van der Waals surface area contributed by atoms with Gasteiger partial charge in [0.1, 0.15) is 11.4 Å². The normalized spacial score (nSPS) is 9.75. The summed E-state index contributed by atoms with van der Waals surface area (Å²) in [6, 6.07) is 22.5. The van der Waals surface area contributed by atoms with Gasteiger partial charge in [-0.15, -0.1) is 0 Å². The maximum atomic E-state index is 11.1. The molecule has 2 heterocycles. The van der Waals surface area contributed by atoms with Gasteiger partial charge in [-0.1, -0.05) is 65.7 Å². The minimum atomic E-state index is -1.35. The van der Waals surface area contributed by atoms with Crippen molar-refractivity contribution >= 4 is 40.1 Å². The number of ketones is 2. The van der Waals surface area contributed by atoms with E-state index in [0.29, 0.717) is 16.9 Å². The van der Waals surface area contributed by atoms with Gasteiger partial charge >= 0.3 is 7.12 Å². The Labute approximate surface area is 220 Å². The van der Waals surface area contributed by atoms with Crippen LogP contribution in [-0.4, -0.2) is 38.7 Å². The van der Waals surface area contributed by atoms with E-state index in [1.807, 2.05) is 25.1 Å². The summed E-state index contributed by atoms with van der Waals surface area (Å²) in [7, 11) is -1.35. The van der Waals surface area contributed by atoms with Gasteiger partial charge in [-0.25, -0.2) is 0 Å². The average Bonchev–Trinajstić information content (AvgIpc) is 2.86. The van der Waals surface area contributed by atoms with E-state index in [1.165, 1.54) is 19.4 Å². The highest BCUT2D eigenvalue weighted by Crippen LogP contribution is 2.19. The Kier molecular flexibility index (Phi) is 11.3. The molecule has 0 saturated carbocycles. The zero-order chi connectivity index (χ0) is 26.7. The van der Waals surface area contributed by atoms with Crippen molar-refractivity contribution in [3.63, 3.8) is 0 Å². The van der Waals surface area contributed by atoms with Gasteiger partial charge in [0, 0.05) is 36.3 Å². The highest BCUT2D eigenvalue weighted by Gasteiger charge is 2.08. The van der Waals surface area contributed by atoms with E-state index < -0.39 is 7.12 Å². The van der Waals surface area contributed by atoms with Crippen molar-refractivity contribution < 1.29 is 19.6 Å². The number of nitrogens with zero attached hydrogens (tertiary/aromatic N) is 2. The topological polar surface area (TPSA) is 100 Å². The van der Waals surface area contributed by atoms with Crippen LogP contribution in [0.5, 0.6) is 0 Å². The van der Waals surface area contributed by atoms with E-state index in [-0.39, 0.29) is 11.6 Å². The van der Waals surface area contributed by atoms with E-state index in [1.54, 1.807) is 42.7 Å². The van der Waals surface area contributed by atoms with E-state index in [2.05, 4.69) is 57.1 Å². The molecule has 2 N–H and O–H groups in total. The fraction of sp³-hybridized carbons (Fsp3) is 0.143. The molecular weight excluding hydrogens is 519 g/mol. The maximum Gasteiger partial charge on any atom is 0.488 e. The van der Waals surface area contributed by atoms with Crippen LogP contribution in [-0.2, 0) is 0 Å². The third-order valence-electron chi connectivity index (χ3n) is 4.97. The number of Topliss-reactive ketones (excluding diaryl/α,β-unsaturated/α-hetero) is 2. The number of benzene rings is 2. The van der Waals surface area contributed by atoms with Gasteiger partial charge in [-0.05, 0) is 59.0 Å². The van der Waals surface area contributed by atoms with Crippen LogP contribution in [0.4, 0.5) is 0 Å². The predicted octanol–water partition coefficient (Wildman–Crippen LogP) is 4.98. The Morgan fingerprint density at radius 2 is 1.11 bits per heavy atom. The van der Waals surface area contributed by atoms with Gasteiger partial charge in [-0.3, -0.25) is 19.6 Å². The Hall–Kier alpha value is -3.46. The van der Waals surface area contributed by atoms with Crippen LogP contribution in [0.1, 0.15) is 46.0 Å². The number of carbonyl (C=O) groups is 2. The van der Waals surface area contributed by atoms with Gasteiger partial charge < -0.3 is 10.0 Å². The lowest BCUT2D eigenvalue weighted by Gasteiger charge is -2.02. The van der Waals surface area contributed by atoms with E-state index in [9.17, 15) is 9.59 Å². The molecule has 184 valence electrons. The standard InChI is InChI=1S/C14H13NO.C7H9BO2.C7H6BrNO/c1-10-3-5-12(6-4-10)13-7-8-14(11(2)16)15-9-13;1-6-2-4-7(5-3-6)8(9)10;1-5(10)7-3-2-6(8)4-9-7/h3-9H,1-2H3;2-5,9-10H,1H3;2-4H,1H3. The van der Waals surface area contributed by atoms with Gasteiger partial charge in [0.15, 0.2) is 11.6 Å². The molecule has 0 radical (unpaired) electrons. The van der Waals surface area contributed by atoms with Gasteiger partial charge in [0.25, 0.3) is 0 Å². The first-order chi connectivity index (χ1) is 17.1. The molecule has 0 atom stereocenters. The molecule has 0 spiro atoms. The number of hydrogen-bond donors (Lipinski definition) is 2. The third-order valence-corrected chi connectivity index (χ3v) is 5.44. The molecular formula is C28H28BBrN2O4. The molecule has 0 saturated heterocycles. The number of rotatable bonds is 4. The van der Waals surface area contributed by atoms with Crippen LogP contribution in [0.25, 0.3) is 11.1 Å². The predicted molar refractivity (Wildman–Crippen MR) is 147 cm³/mol. The van der Waals surface area contributed by atoms with Crippen LogP contribution in [0.15, 0.2) is 89.7 Å². The van der Waals surface area contributed by atoms with Crippen molar-refractivity contribution in [1.29, 1.82) is 0 Å². The molecule has 2 aromatic carbocycles. The van der Waals surface area contributed by atoms with Crippen molar-refractivity contribution in [3.05, 3.63) is 112 Å². The van der Waals surface area contributed by atoms with Crippen LogP contribution >= 0.6 is 15.9 Å². The second kappa shape index (κ2) is 14.2. The first-order valence-electron chi connectivity index (χ1n) is 11.2. The van der Waals surface area contributed by atoms with Gasteiger partial charge in [0.05, 0.1) is 0 Å². The molecule has 0 bridgehead atoms. The lowest BCUT2D eigenvalue weighted by atomic mass is 9.80. The van der Waals surface area contributed by atoms with Crippen LogP contribution in [0, 0.1) is 13.8 Å². The number of aromatic nitrogens is 2. The zero-order valence-corrected chi connectivity index (χ0v) is 22.2. The highest BCUT2D eigenvalue weighted by molar-refractivity contribution is 9.10. The summed E-state index contributed by atoms with van der Waals surface area (Å²) in [6.07, 6.45) is 3.35. The van der Waals surface area contributed by atoms with Crippen molar-refractivity contribution in [2.24, 2.45) is 0 Å². The molecule has 0 fully saturated rings. The summed E-state index contributed by atoms with van der Waals surface area (Å²) < 4.78 is 0.887. The molecule has 0 amide bonds. The highest BCUT2D eigenvalue weighted by atomic mass is 79.9. The summed E-state index contributed by atoms with van der Waals surface area (Å²) >= 11 is 3.22. The summed E-state index contributed by atoms with van der Waals surface area (Å²) in [5, 5.41) is 17.3. The minimum absolute atomic E-state index is 0.00421. The summed E-state index contributed by atoms with van der Waals surface area (Å²) in [6.45, 7) is 7.03. The number of carbonyl (C=O) groups excluding carboxylic acids is 2. The van der Waals surface area contributed by atoms with Gasteiger partial charge in [0.2, 0.25) is 0 Å². The van der Waals surface area contributed by atoms with Crippen LogP contribution in [0.2, 0.25) is 0 Å². The fourth-order valence-electron chi connectivity index (χ4n) is 2.84. The quantitative estimate of drug-likeness (QED) is 0.276. The second-order valence-corrected chi connectivity index (χ2v) is 8.97. The summed E-state index contributed by atoms with van der Waals surface area (Å²) in [4.78, 5) is 29.8. The SMILES string of the molecule is CC(=O)c1ccc(-c2ccc(C)cc2)cn1.CC(=O)c1ccc(Br)cn1.Cc1ccc(B(O)O)cc1. The van der Waals surface area contributed by atoms with E-state index in [0.717, 1.165) is 21.2 Å². The van der Waals surface area contributed by atoms with E-state index in [4.69, 9.17) is 10.0 Å². The van der Waals surface area contributed by atoms with Crippen molar-refractivity contribution in [2.75, 3.05) is 0 Å². The molecule has 0 unspecified atom stereocenters. The molecule has 8 heteroatoms. The van der Waals surface area contributed by atoms with Crippen molar-refractivity contribution in [3.8, 4) is 11.1 Å². The number of halogens is 1. The monoisotopic (exact) mass is 546 g/mol. The molecule has 0 aliphatic carbocycles. The second-order valence-electron chi connectivity index (χ2n) is 8.06. The summed E-state index contributed by atoms with van der Waals surface area (Å²) in [5.74, 6) is -0.0112. The Morgan fingerprint density at radius 1 is 0.667 bits per heavy atom. The molecule has 4 rings (SSSR count). The Bertz CT molecular complexity index is 1260. The first kappa shape index (κ1) is 28.8. The molecule has 6 nitrogen and oxygen atoms in total. The Balaban J connectivity index is 0.000000200. The number of aryl methyl sites for hydroxylation is 2. The minimum Gasteiger partial charge on any atom is -0.423 e. The van der Waals surface area contributed by atoms with Crippen molar-refractivity contribution in [1.82, 2.24) is 9.97 Å². The third kappa shape index (κ3) is 9.66. The largest absolute Gasteiger partial charge is 0.488 e. The molecule has 36 heavy (non-hydrogen) atoms. The lowest BCUT2D eigenvalue weighted by molar-refractivity contribution is 0.100. The average molecular weight is 547 g/mol. The van der Waals surface area contributed by atoms with Crippen LogP contribution < -0.4 is 5.46 Å². The number of hydrogen-bond acceptors (Lipinski definition) is 6. The zero-order valence-electron chi connectivity index (χ0n) is 20.6. The van der Waals surface area contributed by atoms with Crippen molar-refractivity contribution in [2.45, 2.75) is 27.7 Å².